The van der Waals surface area contributed by atoms with Crippen LogP contribution in [-0.4, -0.2) is 121 Å². The molecule has 0 aromatic heterocycles. The van der Waals surface area contributed by atoms with Crippen molar-refractivity contribution in [1.29, 1.82) is 0 Å². The summed E-state index contributed by atoms with van der Waals surface area (Å²) < 4.78 is 0. The van der Waals surface area contributed by atoms with Gasteiger partial charge in [0.15, 0.2) is 0 Å². The molecule has 0 heterocycles. The standard InChI is InChI=1S/2CH2O3.3Na.3H/c2*2-1(3)4;;;;;;/h2*(H2,2,3,4);;;;;;. The number of carboxylic acid groups (broad SMARTS) is 4. The molecule has 0 aliphatic carbocycles. The second kappa shape index (κ2) is 22.5. The van der Waals surface area contributed by atoms with E-state index >= 15 is 0 Å². The fraction of sp³-hybridized carbons (Fsp3) is 0. The Morgan fingerprint density at radius 2 is 0.636 bits per heavy atom. The van der Waals surface area contributed by atoms with Crippen LogP contribution in [0.5, 0.6) is 0 Å². The summed E-state index contributed by atoms with van der Waals surface area (Å²) in [6.45, 7) is 0. The summed E-state index contributed by atoms with van der Waals surface area (Å²) in [7, 11) is 0. The molecule has 9 heteroatoms. The molecule has 0 saturated carbocycles. The van der Waals surface area contributed by atoms with Crippen molar-refractivity contribution < 1.29 is 30.0 Å². The van der Waals surface area contributed by atoms with Crippen molar-refractivity contribution in [3.05, 3.63) is 0 Å². The summed E-state index contributed by atoms with van der Waals surface area (Å²) in [6, 6.07) is 0. The third-order valence-electron chi connectivity index (χ3n) is 0. The van der Waals surface area contributed by atoms with Crippen molar-refractivity contribution in [3.8, 4) is 0 Å². The van der Waals surface area contributed by atoms with Crippen molar-refractivity contribution in [2.75, 3.05) is 0 Å². The minimum absolute atomic E-state index is 0. The summed E-state index contributed by atoms with van der Waals surface area (Å²) in [5, 5.41) is 27.9. The van der Waals surface area contributed by atoms with Crippen molar-refractivity contribution in [1.82, 2.24) is 0 Å². The van der Waals surface area contributed by atoms with Crippen LogP contribution in [0.15, 0.2) is 0 Å². The van der Waals surface area contributed by atoms with Gasteiger partial charge >= 0.3 is 101 Å². The van der Waals surface area contributed by atoms with E-state index in [9.17, 15) is 0 Å². The zero-order valence-electron chi connectivity index (χ0n) is 3.61. The first-order valence-electron chi connectivity index (χ1n) is 1.30. The molecule has 0 fully saturated rings. The van der Waals surface area contributed by atoms with E-state index in [2.05, 4.69) is 0 Å². The Bertz CT molecular complexity index is 73.8. The second-order valence-corrected chi connectivity index (χ2v) is 0.565. The molecular weight excluding hydrogens is 189 g/mol. The molecule has 0 radical (unpaired) electrons. The number of hydrogen-bond donors (Lipinski definition) is 4. The fourth-order valence-corrected chi connectivity index (χ4v) is 0. The third-order valence-corrected chi connectivity index (χ3v) is 0. The van der Waals surface area contributed by atoms with Crippen LogP contribution < -0.4 is 0 Å². The van der Waals surface area contributed by atoms with Crippen molar-refractivity contribution >= 4 is 101 Å². The summed E-state index contributed by atoms with van der Waals surface area (Å²) in [6.07, 6.45) is -3.67. The van der Waals surface area contributed by atoms with E-state index in [1.807, 2.05) is 0 Å². The first-order chi connectivity index (χ1) is 3.46. The number of carbonyl (C=O) groups is 2. The molecule has 0 aliphatic heterocycles. The number of rotatable bonds is 0. The summed E-state index contributed by atoms with van der Waals surface area (Å²) in [5.41, 5.74) is 0. The van der Waals surface area contributed by atoms with Crippen LogP contribution in [0, 0.1) is 0 Å². The molecule has 0 aromatic carbocycles. The zero-order chi connectivity index (χ0) is 7.15. The minimum atomic E-state index is -1.83. The molecule has 4 N–H and O–H groups in total. The SMILES string of the molecule is O=C(O)O.O=C(O)O.[NaH].[NaH].[NaH]. The van der Waals surface area contributed by atoms with Crippen molar-refractivity contribution in [2.24, 2.45) is 0 Å². The predicted octanol–water partition coefficient (Wildman–Crippen LogP) is -1.50. The molecule has 0 saturated heterocycles. The summed E-state index contributed by atoms with van der Waals surface area (Å²) in [5.74, 6) is 0. The molecular formula is C2H7Na3O6. The van der Waals surface area contributed by atoms with Gasteiger partial charge in [0.1, 0.15) is 0 Å². The van der Waals surface area contributed by atoms with Crippen LogP contribution in [0.25, 0.3) is 0 Å². The van der Waals surface area contributed by atoms with Gasteiger partial charge in [-0.05, 0) is 0 Å². The van der Waals surface area contributed by atoms with Crippen LogP contribution in [-0.2, 0) is 0 Å². The molecule has 6 nitrogen and oxygen atoms in total. The van der Waals surface area contributed by atoms with Crippen LogP contribution in [0.1, 0.15) is 0 Å². The molecule has 11 heavy (non-hydrogen) atoms. The van der Waals surface area contributed by atoms with Gasteiger partial charge in [0, 0.05) is 0 Å². The molecule has 0 spiro atoms. The van der Waals surface area contributed by atoms with Gasteiger partial charge < -0.3 is 20.4 Å². The van der Waals surface area contributed by atoms with Gasteiger partial charge in [-0.25, -0.2) is 9.59 Å². The quantitative estimate of drug-likeness (QED) is 0.350. The fourth-order valence-electron chi connectivity index (χ4n) is 0. The van der Waals surface area contributed by atoms with E-state index in [-0.39, 0.29) is 88.7 Å². The van der Waals surface area contributed by atoms with Crippen LogP contribution in [0.4, 0.5) is 9.59 Å². The molecule has 0 bridgehead atoms. The number of hydrogen-bond acceptors (Lipinski definition) is 2. The average molecular weight is 196 g/mol. The van der Waals surface area contributed by atoms with E-state index in [4.69, 9.17) is 30.0 Å². The predicted molar refractivity (Wildman–Crippen MR) is 42.8 cm³/mol. The third kappa shape index (κ3) is 443. The Morgan fingerprint density at radius 1 is 0.636 bits per heavy atom. The van der Waals surface area contributed by atoms with Gasteiger partial charge in [0.05, 0.1) is 0 Å². The van der Waals surface area contributed by atoms with Gasteiger partial charge in [-0.2, -0.15) is 0 Å². The Hall–Kier alpha value is 1.54. The van der Waals surface area contributed by atoms with Gasteiger partial charge in [0.25, 0.3) is 0 Å². The zero-order valence-corrected chi connectivity index (χ0v) is 3.61. The van der Waals surface area contributed by atoms with Gasteiger partial charge in [-0.3, -0.25) is 0 Å². The molecule has 0 aliphatic rings. The monoisotopic (exact) mass is 196 g/mol. The van der Waals surface area contributed by atoms with Crippen molar-refractivity contribution in [3.63, 3.8) is 0 Å². The molecule has 0 aromatic rings. The maximum absolute atomic E-state index is 8.56. The van der Waals surface area contributed by atoms with Crippen LogP contribution in [0.2, 0.25) is 0 Å². The van der Waals surface area contributed by atoms with E-state index in [0.29, 0.717) is 0 Å². The Balaban J connectivity index is -0.0000000171. The van der Waals surface area contributed by atoms with Crippen molar-refractivity contribution in [2.45, 2.75) is 0 Å². The van der Waals surface area contributed by atoms with Crippen LogP contribution >= 0.6 is 0 Å². The normalized spacial score (nSPS) is 4.36. The van der Waals surface area contributed by atoms with E-state index in [1.165, 1.54) is 0 Å². The second-order valence-electron chi connectivity index (χ2n) is 0.565. The van der Waals surface area contributed by atoms with Gasteiger partial charge in [-0.15, -0.1) is 0 Å². The first-order valence-corrected chi connectivity index (χ1v) is 1.30. The average Bonchev–Trinajstić information content (AvgIpc) is 1.25. The van der Waals surface area contributed by atoms with Crippen LogP contribution in [0.3, 0.4) is 0 Å². The maximum atomic E-state index is 8.56. The van der Waals surface area contributed by atoms with Gasteiger partial charge in [0.2, 0.25) is 0 Å². The summed E-state index contributed by atoms with van der Waals surface area (Å²) in [4.78, 5) is 17.1. The molecule has 54 valence electrons. The Kier molecular flexibility index (Phi) is 60.2. The Labute approximate surface area is 129 Å². The molecule has 0 rings (SSSR count). The summed E-state index contributed by atoms with van der Waals surface area (Å²) >= 11 is 0. The first kappa shape index (κ1) is 29.4. The molecule has 0 unspecified atom stereocenters. The van der Waals surface area contributed by atoms with E-state index in [1.54, 1.807) is 0 Å². The van der Waals surface area contributed by atoms with Gasteiger partial charge in [-0.1, -0.05) is 0 Å². The Morgan fingerprint density at radius 3 is 0.636 bits per heavy atom. The molecule has 0 amide bonds. The molecule has 0 atom stereocenters. The van der Waals surface area contributed by atoms with E-state index in [0.717, 1.165) is 0 Å². The topological polar surface area (TPSA) is 115 Å². The van der Waals surface area contributed by atoms with E-state index < -0.39 is 12.3 Å².